The molecule has 0 spiro atoms. The first kappa shape index (κ1) is 8.16. The van der Waals surface area contributed by atoms with Gasteiger partial charge in [-0.25, -0.2) is 4.98 Å². The molecule has 2 heterocycles. The molecule has 1 atom stereocenters. The van der Waals surface area contributed by atoms with Gasteiger partial charge >= 0.3 is 0 Å². The summed E-state index contributed by atoms with van der Waals surface area (Å²) in [6, 6.07) is 3.96. The van der Waals surface area contributed by atoms with Crippen molar-refractivity contribution in [3.8, 4) is 0 Å². The Kier molecular flexibility index (Phi) is 1.96. The summed E-state index contributed by atoms with van der Waals surface area (Å²) in [4.78, 5) is 4.03. The van der Waals surface area contributed by atoms with Crippen molar-refractivity contribution < 1.29 is 0 Å². The molecule has 0 aliphatic rings. The summed E-state index contributed by atoms with van der Waals surface area (Å²) in [5.74, 6) is 0.480. The van der Waals surface area contributed by atoms with E-state index in [9.17, 15) is 0 Å². The molecule has 1 unspecified atom stereocenters. The number of aromatic nitrogens is 4. The highest BCUT2D eigenvalue weighted by molar-refractivity contribution is 5.34. The van der Waals surface area contributed by atoms with Crippen LogP contribution in [-0.4, -0.2) is 19.8 Å². The van der Waals surface area contributed by atoms with Crippen molar-refractivity contribution in [3.63, 3.8) is 0 Å². The standard InChI is InChI=1S/C9H12N4/c1-3-7(2)8-4-5-9-10-6-11-13(9)12-8/h4-7H,3H2,1-2H3. The smallest absolute Gasteiger partial charge is 0.176 e. The monoisotopic (exact) mass is 176 g/mol. The second-order valence-corrected chi connectivity index (χ2v) is 3.18. The van der Waals surface area contributed by atoms with Crippen molar-refractivity contribution in [1.29, 1.82) is 0 Å². The van der Waals surface area contributed by atoms with Gasteiger partial charge in [0.1, 0.15) is 6.33 Å². The van der Waals surface area contributed by atoms with Crippen LogP contribution < -0.4 is 0 Å². The quantitative estimate of drug-likeness (QED) is 0.698. The molecular formula is C9H12N4. The van der Waals surface area contributed by atoms with Crippen molar-refractivity contribution >= 4 is 5.65 Å². The first-order chi connectivity index (χ1) is 6.31. The van der Waals surface area contributed by atoms with Gasteiger partial charge in [0.15, 0.2) is 5.65 Å². The summed E-state index contributed by atoms with van der Waals surface area (Å²) in [5, 5.41) is 8.34. The normalized spacial score (nSPS) is 13.4. The average molecular weight is 176 g/mol. The third kappa shape index (κ3) is 1.39. The van der Waals surface area contributed by atoms with Gasteiger partial charge in [-0.2, -0.15) is 5.10 Å². The Balaban J connectivity index is 2.48. The van der Waals surface area contributed by atoms with Gasteiger partial charge in [-0.05, 0) is 24.5 Å². The van der Waals surface area contributed by atoms with E-state index >= 15 is 0 Å². The number of hydrogen-bond acceptors (Lipinski definition) is 3. The van der Waals surface area contributed by atoms with Gasteiger partial charge in [0, 0.05) is 0 Å². The molecule has 0 N–H and O–H groups in total. The van der Waals surface area contributed by atoms with E-state index in [0.29, 0.717) is 5.92 Å². The van der Waals surface area contributed by atoms with E-state index in [4.69, 9.17) is 0 Å². The van der Waals surface area contributed by atoms with Crippen LogP contribution in [0.1, 0.15) is 31.9 Å². The lowest BCUT2D eigenvalue weighted by atomic mass is 10.1. The third-order valence-corrected chi connectivity index (χ3v) is 2.29. The van der Waals surface area contributed by atoms with E-state index < -0.39 is 0 Å². The van der Waals surface area contributed by atoms with Crippen molar-refractivity contribution in [2.24, 2.45) is 0 Å². The fourth-order valence-corrected chi connectivity index (χ4v) is 1.21. The molecule has 0 bridgehead atoms. The molecule has 68 valence electrons. The third-order valence-electron chi connectivity index (χ3n) is 2.29. The highest BCUT2D eigenvalue weighted by Gasteiger charge is 2.05. The second kappa shape index (κ2) is 3.12. The highest BCUT2D eigenvalue weighted by atomic mass is 15.4. The minimum Gasteiger partial charge on any atom is -0.213 e. The van der Waals surface area contributed by atoms with Gasteiger partial charge in [-0.15, -0.1) is 9.73 Å². The van der Waals surface area contributed by atoms with E-state index in [1.165, 1.54) is 6.33 Å². The second-order valence-electron chi connectivity index (χ2n) is 3.18. The zero-order valence-electron chi connectivity index (χ0n) is 7.81. The lowest BCUT2D eigenvalue weighted by molar-refractivity contribution is 0.660. The Hall–Kier alpha value is -1.45. The minimum atomic E-state index is 0.480. The topological polar surface area (TPSA) is 43.1 Å². The Bertz CT molecular complexity index is 407. The highest BCUT2D eigenvalue weighted by Crippen LogP contribution is 2.15. The van der Waals surface area contributed by atoms with Crippen molar-refractivity contribution in [2.75, 3.05) is 0 Å². The van der Waals surface area contributed by atoms with E-state index in [-0.39, 0.29) is 0 Å². The summed E-state index contributed by atoms with van der Waals surface area (Å²) in [5.41, 5.74) is 1.87. The van der Waals surface area contributed by atoms with Gasteiger partial charge in [0.25, 0.3) is 0 Å². The van der Waals surface area contributed by atoms with Crippen LogP contribution in [0.25, 0.3) is 5.65 Å². The van der Waals surface area contributed by atoms with E-state index in [0.717, 1.165) is 17.8 Å². The van der Waals surface area contributed by atoms with Gasteiger partial charge in [-0.1, -0.05) is 13.8 Å². The maximum absolute atomic E-state index is 4.35. The van der Waals surface area contributed by atoms with Crippen molar-refractivity contribution in [3.05, 3.63) is 24.2 Å². The molecule has 0 aliphatic carbocycles. The van der Waals surface area contributed by atoms with Crippen LogP contribution in [0.3, 0.4) is 0 Å². The summed E-state index contributed by atoms with van der Waals surface area (Å²) in [6.07, 6.45) is 2.61. The predicted molar refractivity (Wildman–Crippen MR) is 49.5 cm³/mol. The lowest BCUT2D eigenvalue weighted by Crippen LogP contribution is -2.02. The molecule has 4 nitrogen and oxygen atoms in total. The zero-order valence-corrected chi connectivity index (χ0v) is 7.81. The van der Waals surface area contributed by atoms with Crippen LogP contribution in [-0.2, 0) is 0 Å². The average Bonchev–Trinajstić information content (AvgIpc) is 2.63. The summed E-state index contributed by atoms with van der Waals surface area (Å²) in [7, 11) is 0. The molecule has 0 aliphatic heterocycles. The summed E-state index contributed by atoms with van der Waals surface area (Å²) in [6.45, 7) is 4.31. The van der Waals surface area contributed by atoms with Crippen molar-refractivity contribution in [2.45, 2.75) is 26.2 Å². The van der Waals surface area contributed by atoms with Gasteiger partial charge in [-0.3, -0.25) is 0 Å². The van der Waals surface area contributed by atoms with Gasteiger partial charge in [0.2, 0.25) is 0 Å². The molecule has 2 aromatic heterocycles. The number of nitrogens with zero attached hydrogens (tertiary/aromatic N) is 4. The predicted octanol–water partition coefficient (Wildman–Crippen LogP) is 1.64. The summed E-state index contributed by atoms with van der Waals surface area (Å²) < 4.78 is 1.57. The van der Waals surface area contributed by atoms with E-state index in [2.05, 4.69) is 29.0 Å². The molecule has 0 radical (unpaired) electrons. The van der Waals surface area contributed by atoms with Crippen LogP contribution in [0.5, 0.6) is 0 Å². The Morgan fingerprint density at radius 2 is 2.31 bits per heavy atom. The summed E-state index contributed by atoms with van der Waals surface area (Å²) >= 11 is 0. The first-order valence-electron chi connectivity index (χ1n) is 4.48. The van der Waals surface area contributed by atoms with Crippen LogP contribution in [0.4, 0.5) is 0 Å². The minimum absolute atomic E-state index is 0.480. The SMILES string of the molecule is CCC(C)c1ccc2ncnn2n1. The van der Waals surface area contributed by atoms with E-state index in [1.807, 2.05) is 12.1 Å². The largest absolute Gasteiger partial charge is 0.213 e. The molecule has 0 saturated carbocycles. The molecule has 0 amide bonds. The molecular weight excluding hydrogens is 164 g/mol. The molecule has 0 fully saturated rings. The number of fused-ring (bicyclic) bond motifs is 1. The Morgan fingerprint density at radius 3 is 3.08 bits per heavy atom. The first-order valence-corrected chi connectivity index (χ1v) is 4.48. The molecule has 4 heteroatoms. The number of rotatable bonds is 2. The molecule has 0 saturated heterocycles. The van der Waals surface area contributed by atoms with Crippen molar-refractivity contribution in [1.82, 2.24) is 19.8 Å². The van der Waals surface area contributed by atoms with Crippen LogP contribution in [0.15, 0.2) is 18.5 Å². The van der Waals surface area contributed by atoms with Gasteiger partial charge < -0.3 is 0 Å². The van der Waals surface area contributed by atoms with Crippen LogP contribution >= 0.6 is 0 Å². The fraction of sp³-hybridized carbons (Fsp3) is 0.444. The maximum Gasteiger partial charge on any atom is 0.176 e. The maximum atomic E-state index is 4.35. The fourth-order valence-electron chi connectivity index (χ4n) is 1.21. The molecule has 2 aromatic rings. The molecule has 2 rings (SSSR count). The van der Waals surface area contributed by atoms with E-state index in [1.54, 1.807) is 4.63 Å². The molecule has 13 heavy (non-hydrogen) atoms. The van der Waals surface area contributed by atoms with Crippen LogP contribution in [0.2, 0.25) is 0 Å². The number of hydrogen-bond donors (Lipinski definition) is 0. The molecule has 0 aromatic carbocycles. The Labute approximate surface area is 76.6 Å². The van der Waals surface area contributed by atoms with Gasteiger partial charge in [0.05, 0.1) is 5.69 Å². The zero-order chi connectivity index (χ0) is 9.26. The lowest BCUT2D eigenvalue weighted by Gasteiger charge is -2.06. The Morgan fingerprint density at radius 1 is 1.46 bits per heavy atom. The van der Waals surface area contributed by atoms with Crippen LogP contribution in [0, 0.1) is 0 Å².